The van der Waals surface area contributed by atoms with Crippen LogP contribution in [-0.4, -0.2) is 38.8 Å². The summed E-state index contributed by atoms with van der Waals surface area (Å²) in [6.45, 7) is 2.49. The summed E-state index contributed by atoms with van der Waals surface area (Å²) in [5.41, 5.74) is 2.02. The topological polar surface area (TPSA) is 61.8 Å². The fraction of sp³-hybridized carbons (Fsp3) is 0.350. The number of hydrogen-bond acceptors (Lipinski definition) is 4. The molecule has 6 heteroatoms. The second-order valence-electron chi connectivity index (χ2n) is 7.04. The molecule has 0 radical (unpaired) electrons. The van der Waals surface area contributed by atoms with Crippen molar-refractivity contribution >= 4 is 21.5 Å². The van der Waals surface area contributed by atoms with E-state index < -0.39 is 10.0 Å². The summed E-state index contributed by atoms with van der Waals surface area (Å²) in [5, 5.41) is 3.18. The molecule has 2 aromatic rings. The van der Waals surface area contributed by atoms with Gasteiger partial charge in [-0.1, -0.05) is 42.5 Å². The Morgan fingerprint density at radius 1 is 1.00 bits per heavy atom. The number of piperidine rings is 1. The zero-order valence-corrected chi connectivity index (χ0v) is 15.5. The van der Waals surface area contributed by atoms with Crippen molar-refractivity contribution in [2.24, 2.45) is 10.3 Å². The molecule has 1 fully saturated rings. The van der Waals surface area contributed by atoms with Crippen LogP contribution >= 0.6 is 0 Å². The van der Waals surface area contributed by atoms with E-state index in [2.05, 4.69) is 44.9 Å². The van der Waals surface area contributed by atoms with Crippen LogP contribution in [0.2, 0.25) is 0 Å². The second-order valence-corrected chi connectivity index (χ2v) is 8.62. The van der Waals surface area contributed by atoms with E-state index in [1.165, 1.54) is 5.56 Å². The lowest BCUT2D eigenvalue weighted by Gasteiger charge is -2.32. The molecule has 4 rings (SSSR count). The van der Waals surface area contributed by atoms with Crippen molar-refractivity contribution in [1.29, 1.82) is 0 Å². The standard InChI is InChI=1S/C20H23N3O2S/c24-26(25)19-9-5-4-8-18(19)21-20(22-26)15-23-12-10-17(11-13-23)14-16-6-2-1-3-7-16/h1-9,17H,10-15H2,(H,21,22). The molecule has 26 heavy (non-hydrogen) atoms. The minimum Gasteiger partial charge on any atom is -0.341 e. The van der Waals surface area contributed by atoms with Crippen LogP contribution in [0.5, 0.6) is 0 Å². The van der Waals surface area contributed by atoms with Gasteiger partial charge >= 0.3 is 0 Å². The third-order valence-corrected chi connectivity index (χ3v) is 6.49. The average molecular weight is 369 g/mol. The maximum Gasteiger partial charge on any atom is 0.286 e. The van der Waals surface area contributed by atoms with E-state index in [1.54, 1.807) is 18.2 Å². The van der Waals surface area contributed by atoms with Gasteiger partial charge in [-0.15, -0.1) is 4.40 Å². The van der Waals surface area contributed by atoms with Gasteiger partial charge in [0.15, 0.2) is 0 Å². The number of hydrogen-bond donors (Lipinski definition) is 1. The number of likely N-dealkylation sites (tertiary alicyclic amines) is 1. The summed E-state index contributed by atoms with van der Waals surface area (Å²) in [6.07, 6.45) is 3.38. The molecule has 0 atom stereocenters. The second kappa shape index (κ2) is 7.21. The Morgan fingerprint density at radius 2 is 1.69 bits per heavy atom. The van der Waals surface area contributed by atoms with Crippen molar-refractivity contribution in [3.63, 3.8) is 0 Å². The molecule has 2 aromatic carbocycles. The van der Waals surface area contributed by atoms with Gasteiger partial charge in [0.25, 0.3) is 10.0 Å². The molecule has 0 unspecified atom stereocenters. The van der Waals surface area contributed by atoms with E-state index in [0.29, 0.717) is 24.0 Å². The fourth-order valence-electron chi connectivity index (χ4n) is 3.74. The molecular weight excluding hydrogens is 346 g/mol. The van der Waals surface area contributed by atoms with Gasteiger partial charge in [0.05, 0.1) is 12.2 Å². The lowest BCUT2D eigenvalue weighted by molar-refractivity contribution is 0.205. The molecule has 0 aromatic heterocycles. The Morgan fingerprint density at radius 3 is 2.46 bits per heavy atom. The maximum absolute atomic E-state index is 12.3. The van der Waals surface area contributed by atoms with Gasteiger partial charge in [-0.25, -0.2) is 0 Å². The molecule has 0 amide bonds. The number of amidine groups is 1. The molecule has 136 valence electrons. The minimum atomic E-state index is -3.59. The quantitative estimate of drug-likeness (QED) is 0.899. The summed E-state index contributed by atoms with van der Waals surface area (Å²) in [6, 6.07) is 17.5. The Labute approximate surface area is 154 Å². The lowest BCUT2D eigenvalue weighted by atomic mass is 9.90. The molecule has 0 bridgehead atoms. The van der Waals surface area contributed by atoms with Crippen molar-refractivity contribution in [2.75, 3.05) is 25.0 Å². The number of para-hydroxylation sites is 1. The first-order valence-corrected chi connectivity index (χ1v) is 10.5. The summed E-state index contributed by atoms with van der Waals surface area (Å²) < 4.78 is 28.6. The third kappa shape index (κ3) is 3.81. The minimum absolute atomic E-state index is 0.255. The number of benzene rings is 2. The highest BCUT2D eigenvalue weighted by Gasteiger charge is 2.26. The highest BCUT2D eigenvalue weighted by atomic mass is 32.2. The number of rotatable bonds is 4. The number of nitrogens with zero attached hydrogens (tertiary/aromatic N) is 2. The van der Waals surface area contributed by atoms with Gasteiger partial charge in [-0.3, -0.25) is 4.90 Å². The van der Waals surface area contributed by atoms with Gasteiger partial charge < -0.3 is 5.32 Å². The van der Waals surface area contributed by atoms with Crippen molar-refractivity contribution in [3.05, 3.63) is 60.2 Å². The molecule has 1 N–H and O–H groups in total. The molecule has 2 aliphatic heterocycles. The number of anilines is 1. The first kappa shape index (κ1) is 17.2. The Kier molecular flexibility index (Phi) is 4.78. The van der Waals surface area contributed by atoms with E-state index in [1.807, 2.05) is 6.07 Å². The van der Waals surface area contributed by atoms with E-state index in [-0.39, 0.29) is 4.90 Å². The van der Waals surface area contributed by atoms with Crippen LogP contribution in [0.4, 0.5) is 5.69 Å². The van der Waals surface area contributed by atoms with Crippen molar-refractivity contribution in [1.82, 2.24) is 4.90 Å². The molecule has 5 nitrogen and oxygen atoms in total. The van der Waals surface area contributed by atoms with Gasteiger partial charge in [0.1, 0.15) is 10.7 Å². The Hall–Kier alpha value is -2.18. The van der Waals surface area contributed by atoms with Crippen molar-refractivity contribution in [3.8, 4) is 0 Å². The van der Waals surface area contributed by atoms with Crippen LogP contribution in [0.3, 0.4) is 0 Å². The molecule has 0 spiro atoms. The fourth-order valence-corrected chi connectivity index (χ4v) is 4.88. The SMILES string of the molecule is O=S1(=O)N=C(CN2CCC(Cc3ccccc3)CC2)Nc2ccccc21. The van der Waals surface area contributed by atoms with E-state index in [4.69, 9.17) is 0 Å². The van der Waals surface area contributed by atoms with Crippen LogP contribution in [0.25, 0.3) is 0 Å². The molecule has 1 saturated heterocycles. The number of nitrogens with one attached hydrogen (secondary N) is 1. The van der Waals surface area contributed by atoms with Crippen LogP contribution in [-0.2, 0) is 16.4 Å². The molecule has 0 saturated carbocycles. The summed E-state index contributed by atoms with van der Waals surface area (Å²) in [4.78, 5) is 2.54. The normalized spacial score (nSPS) is 20.1. The van der Waals surface area contributed by atoms with Crippen molar-refractivity contribution < 1.29 is 8.42 Å². The average Bonchev–Trinajstić information content (AvgIpc) is 2.64. The highest BCUT2D eigenvalue weighted by Crippen LogP contribution is 2.27. The summed E-state index contributed by atoms with van der Waals surface area (Å²) in [7, 11) is -3.59. The van der Waals surface area contributed by atoms with Crippen molar-refractivity contribution in [2.45, 2.75) is 24.2 Å². The van der Waals surface area contributed by atoms with Crippen LogP contribution in [0, 0.1) is 5.92 Å². The summed E-state index contributed by atoms with van der Waals surface area (Å²) in [5.74, 6) is 1.21. The lowest BCUT2D eigenvalue weighted by Crippen LogP contribution is -2.40. The molecular formula is C20H23N3O2S. The number of fused-ring (bicyclic) bond motifs is 1. The first-order valence-electron chi connectivity index (χ1n) is 9.06. The van der Waals surface area contributed by atoms with E-state index in [9.17, 15) is 8.42 Å². The van der Waals surface area contributed by atoms with E-state index >= 15 is 0 Å². The predicted octanol–water partition coefficient (Wildman–Crippen LogP) is 3.15. The van der Waals surface area contributed by atoms with E-state index in [0.717, 1.165) is 32.4 Å². The van der Waals surface area contributed by atoms with Gasteiger partial charge in [-0.2, -0.15) is 8.42 Å². The van der Waals surface area contributed by atoms with Crippen LogP contribution in [0.1, 0.15) is 18.4 Å². The van der Waals surface area contributed by atoms with Crippen LogP contribution < -0.4 is 5.32 Å². The molecule has 2 heterocycles. The van der Waals surface area contributed by atoms with Gasteiger partial charge in [0, 0.05) is 0 Å². The zero-order valence-electron chi connectivity index (χ0n) is 14.6. The zero-order chi connectivity index (χ0) is 18.0. The number of sulfonamides is 1. The third-order valence-electron chi connectivity index (χ3n) is 5.12. The molecule has 2 aliphatic rings. The monoisotopic (exact) mass is 369 g/mol. The summed E-state index contributed by atoms with van der Waals surface area (Å²) >= 11 is 0. The van der Waals surface area contributed by atoms with Gasteiger partial charge in [0.2, 0.25) is 0 Å². The Balaban J connectivity index is 1.36. The molecule has 0 aliphatic carbocycles. The maximum atomic E-state index is 12.3. The van der Waals surface area contributed by atoms with Crippen LogP contribution in [0.15, 0.2) is 63.9 Å². The predicted molar refractivity (Wildman–Crippen MR) is 104 cm³/mol. The van der Waals surface area contributed by atoms with Gasteiger partial charge in [-0.05, 0) is 56.0 Å². The highest BCUT2D eigenvalue weighted by molar-refractivity contribution is 7.90. The largest absolute Gasteiger partial charge is 0.341 e. The smallest absolute Gasteiger partial charge is 0.286 e. The Bertz CT molecular complexity index is 902. The first-order chi connectivity index (χ1) is 12.6.